The fourth-order valence-electron chi connectivity index (χ4n) is 1.21. The van der Waals surface area contributed by atoms with Crippen molar-refractivity contribution in [2.24, 2.45) is 17.2 Å². The molecule has 0 saturated carbocycles. The summed E-state index contributed by atoms with van der Waals surface area (Å²) in [6.45, 7) is 0. The van der Waals surface area contributed by atoms with E-state index >= 15 is 0 Å². The molecule has 90 valence electrons. The summed E-state index contributed by atoms with van der Waals surface area (Å²) < 4.78 is 0. The fourth-order valence-corrected chi connectivity index (χ4v) is 1.32. The Balaban J connectivity index is 3.32. The molecule has 6 nitrogen and oxygen atoms in total. The second-order valence-electron chi connectivity index (χ2n) is 3.37. The van der Waals surface area contributed by atoms with Gasteiger partial charge in [0.1, 0.15) is 4.86 Å². The molecule has 1 aromatic carbocycles. The van der Waals surface area contributed by atoms with Gasteiger partial charge in [0, 0.05) is 16.9 Å². The van der Waals surface area contributed by atoms with Gasteiger partial charge in [-0.25, -0.2) is 0 Å². The maximum Gasteiger partial charge on any atom is 0.261 e. The molecule has 0 atom stereocenters. The van der Waals surface area contributed by atoms with Crippen molar-refractivity contribution in [3.8, 4) is 0 Å². The van der Waals surface area contributed by atoms with Crippen molar-refractivity contribution in [1.29, 1.82) is 0 Å². The minimum absolute atomic E-state index is 0.0789. The van der Waals surface area contributed by atoms with Crippen molar-refractivity contribution < 1.29 is 4.79 Å². The molecule has 0 radical (unpaired) electrons. The van der Waals surface area contributed by atoms with Crippen LogP contribution in [0.1, 0.15) is 5.56 Å². The lowest BCUT2D eigenvalue weighted by molar-refractivity contribution is -0.111. The van der Waals surface area contributed by atoms with Crippen LogP contribution in [0.5, 0.6) is 0 Å². The number of nitrogen functional groups attached to an aromatic ring is 2. The van der Waals surface area contributed by atoms with Gasteiger partial charge in [0.2, 0.25) is 0 Å². The fraction of sp³-hybridized carbons (Fsp3) is 0. The molecule has 0 bridgehead atoms. The first kappa shape index (κ1) is 12.8. The van der Waals surface area contributed by atoms with Crippen molar-refractivity contribution in [2.45, 2.75) is 0 Å². The Morgan fingerprint density at radius 2 is 1.71 bits per heavy atom. The zero-order valence-electron chi connectivity index (χ0n) is 8.94. The summed E-state index contributed by atoms with van der Waals surface area (Å²) in [7, 11) is 0. The highest BCUT2D eigenvalue weighted by atomic mass is 32.1. The highest BCUT2D eigenvalue weighted by molar-refractivity contribution is 7.82. The third-order valence-electron chi connectivity index (χ3n) is 2.13. The Labute approximate surface area is 103 Å². The number of hydrogen-bond donors (Lipinski definition) is 5. The van der Waals surface area contributed by atoms with Gasteiger partial charge < -0.3 is 28.7 Å². The molecular formula is C10H13N5OS. The van der Waals surface area contributed by atoms with Crippen molar-refractivity contribution in [2.75, 3.05) is 11.5 Å². The normalized spacial score (nSPS) is 11.8. The zero-order valence-corrected chi connectivity index (χ0v) is 9.75. The van der Waals surface area contributed by atoms with Crippen LogP contribution in [-0.4, -0.2) is 10.8 Å². The summed E-state index contributed by atoms with van der Waals surface area (Å²) in [5.74, 6) is -0.817. The van der Waals surface area contributed by atoms with Gasteiger partial charge in [-0.05, 0) is 18.2 Å². The van der Waals surface area contributed by atoms with Crippen LogP contribution in [-0.2, 0) is 4.79 Å². The smallest absolute Gasteiger partial charge is 0.261 e. The van der Waals surface area contributed by atoms with Crippen LogP contribution in [0.3, 0.4) is 0 Å². The summed E-state index contributed by atoms with van der Waals surface area (Å²) in [5.41, 5.74) is 29.0. The second-order valence-corrected chi connectivity index (χ2v) is 3.78. The van der Waals surface area contributed by atoms with E-state index in [-0.39, 0.29) is 16.3 Å². The maximum absolute atomic E-state index is 10.9. The molecule has 0 spiro atoms. The molecule has 0 heterocycles. The van der Waals surface area contributed by atoms with Crippen LogP contribution in [0.2, 0.25) is 0 Å². The van der Waals surface area contributed by atoms with Gasteiger partial charge in [0.25, 0.3) is 5.91 Å². The highest BCUT2D eigenvalue weighted by Crippen LogP contribution is 2.22. The topological polar surface area (TPSA) is 147 Å². The Kier molecular flexibility index (Phi) is 3.54. The van der Waals surface area contributed by atoms with E-state index in [2.05, 4.69) is 0 Å². The summed E-state index contributed by atoms with van der Waals surface area (Å²) in [6.07, 6.45) is 0. The number of benzene rings is 1. The van der Waals surface area contributed by atoms with E-state index in [1.54, 1.807) is 18.2 Å². The van der Waals surface area contributed by atoms with E-state index in [9.17, 15) is 4.79 Å². The largest absolute Gasteiger partial charge is 0.399 e. The van der Waals surface area contributed by atoms with Gasteiger partial charge in [-0.3, -0.25) is 4.79 Å². The van der Waals surface area contributed by atoms with E-state index in [0.717, 1.165) is 0 Å². The minimum atomic E-state index is -0.817. The number of amides is 1. The molecule has 1 aromatic rings. The summed E-state index contributed by atoms with van der Waals surface area (Å²) in [4.78, 5) is 10.7. The van der Waals surface area contributed by atoms with Crippen LogP contribution in [0.4, 0.5) is 11.4 Å². The Morgan fingerprint density at radius 3 is 2.24 bits per heavy atom. The predicted molar refractivity (Wildman–Crippen MR) is 72.4 cm³/mol. The number of anilines is 2. The Bertz CT molecular complexity index is 523. The summed E-state index contributed by atoms with van der Waals surface area (Å²) >= 11 is 4.74. The molecule has 0 unspecified atom stereocenters. The first-order valence-electron chi connectivity index (χ1n) is 4.59. The van der Waals surface area contributed by atoms with E-state index in [0.29, 0.717) is 16.9 Å². The highest BCUT2D eigenvalue weighted by Gasteiger charge is 2.14. The van der Waals surface area contributed by atoms with Gasteiger partial charge >= 0.3 is 0 Å². The first-order chi connectivity index (χ1) is 7.84. The minimum Gasteiger partial charge on any atom is -0.399 e. The molecule has 0 aromatic heterocycles. The van der Waals surface area contributed by atoms with Crippen LogP contribution in [0.25, 0.3) is 5.70 Å². The van der Waals surface area contributed by atoms with Crippen molar-refractivity contribution in [3.63, 3.8) is 0 Å². The molecule has 10 N–H and O–H groups in total. The lowest BCUT2D eigenvalue weighted by Gasteiger charge is -2.10. The molecule has 0 aliphatic carbocycles. The number of hydrogen-bond acceptors (Lipinski definition) is 6. The van der Waals surface area contributed by atoms with Crippen molar-refractivity contribution >= 4 is 40.1 Å². The molecule has 1 amide bonds. The monoisotopic (exact) mass is 251 g/mol. The van der Waals surface area contributed by atoms with Gasteiger partial charge in [-0.2, -0.15) is 0 Å². The van der Waals surface area contributed by atoms with E-state index in [1.165, 1.54) is 0 Å². The second kappa shape index (κ2) is 4.71. The summed E-state index contributed by atoms with van der Waals surface area (Å²) in [6, 6.07) is 4.74. The van der Waals surface area contributed by atoms with E-state index < -0.39 is 5.91 Å². The molecule has 0 saturated heterocycles. The molecule has 7 heteroatoms. The number of carbonyl (C=O) groups excluding carboxylic acids is 1. The van der Waals surface area contributed by atoms with Crippen LogP contribution in [0, 0.1) is 0 Å². The van der Waals surface area contributed by atoms with E-state index in [1.807, 2.05) is 0 Å². The average molecular weight is 251 g/mol. The maximum atomic E-state index is 10.9. The number of nitrogens with two attached hydrogens (primary N) is 5. The van der Waals surface area contributed by atoms with Crippen molar-refractivity contribution in [3.05, 3.63) is 29.5 Å². The van der Waals surface area contributed by atoms with Gasteiger partial charge in [0.05, 0.1) is 11.4 Å². The number of thiocarbonyl (C=S) groups is 1. The quantitative estimate of drug-likeness (QED) is 0.272. The molecule has 0 aliphatic heterocycles. The number of rotatable bonds is 3. The SMILES string of the molecule is NC(=O)C(=S)/C(N)=C(\N)c1cc(N)ccc1N. The first-order valence-corrected chi connectivity index (χ1v) is 5.00. The molecule has 17 heavy (non-hydrogen) atoms. The standard InChI is InChI=1S/C10H13N5OS/c11-4-1-2-6(12)5(3-4)7(13)8(14)9(17)10(15)16/h1-3H,11-14H2,(H2,15,16)/b8-7+. The predicted octanol–water partition coefficient (Wildman–Crippen LogP) is -0.708. The zero-order chi connectivity index (χ0) is 13.2. The molecule has 1 rings (SSSR count). The van der Waals surface area contributed by atoms with Crippen molar-refractivity contribution in [1.82, 2.24) is 0 Å². The summed E-state index contributed by atoms with van der Waals surface area (Å²) in [5, 5.41) is 0. The Hall–Kier alpha value is -2.28. The molecule has 0 fully saturated rings. The lowest BCUT2D eigenvalue weighted by atomic mass is 10.1. The molecule has 0 aliphatic rings. The number of primary amides is 1. The van der Waals surface area contributed by atoms with Crippen LogP contribution < -0.4 is 28.7 Å². The van der Waals surface area contributed by atoms with Crippen LogP contribution >= 0.6 is 12.2 Å². The van der Waals surface area contributed by atoms with Crippen LogP contribution in [0.15, 0.2) is 23.9 Å². The number of carbonyl (C=O) groups is 1. The van der Waals surface area contributed by atoms with Gasteiger partial charge in [-0.1, -0.05) is 12.2 Å². The lowest BCUT2D eigenvalue weighted by Crippen LogP contribution is -2.28. The van der Waals surface area contributed by atoms with E-state index in [4.69, 9.17) is 40.9 Å². The third kappa shape index (κ3) is 2.64. The molecular weight excluding hydrogens is 238 g/mol. The third-order valence-corrected chi connectivity index (χ3v) is 2.55. The van der Waals surface area contributed by atoms with Gasteiger partial charge in [0.15, 0.2) is 0 Å². The van der Waals surface area contributed by atoms with Gasteiger partial charge in [-0.15, -0.1) is 0 Å². The average Bonchev–Trinajstić information content (AvgIpc) is 2.29. The Morgan fingerprint density at radius 1 is 1.12 bits per heavy atom.